The number of aromatic nitrogens is 2. The van der Waals surface area contributed by atoms with Gasteiger partial charge in [-0.3, -0.25) is 0 Å². The molecule has 0 amide bonds. The molecule has 6 nitrogen and oxygen atoms in total. The SMILES string of the molecule is Cc1cc(CNS(=O)(=O)CCC(F)(F)F)nc(N(C)C)n1. The number of halogens is 3. The van der Waals surface area contributed by atoms with E-state index in [0.717, 1.165) is 0 Å². The predicted molar refractivity (Wildman–Crippen MR) is 72.4 cm³/mol. The predicted octanol–water partition coefficient (Wildman–Crippen LogP) is 1.22. The van der Waals surface area contributed by atoms with Gasteiger partial charge in [0.1, 0.15) is 0 Å². The largest absolute Gasteiger partial charge is 0.390 e. The molecule has 0 bridgehead atoms. The summed E-state index contributed by atoms with van der Waals surface area (Å²) in [5.74, 6) is -0.597. The molecular formula is C11H17F3N4O2S. The zero-order chi connectivity index (χ0) is 16.3. The lowest BCUT2D eigenvalue weighted by Crippen LogP contribution is -2.29. The molecule has 10 heteroatoms. The smallest absolute Gasteiger partial charge is 0.347 e. The molecule has 0 fully saturated rings. The third-order valence-electron chi connectivity index (χ3n) is 2.42. The maximum atomic E-state index is 12.0. The highest BCUT2D eigenvalue weighted by atomic mass is 32.2. The summed E-state index contributed by atoms with van der Waals surface area (Å²) in [5, 5.41) is 0. The van der Waals surface area contributed by atoms with Gasteiger partial charge in [-0.1, -0.05) is 0 Å². The Morgan fingerprint density at radius 1 is 1.29 bits per heavy atom. The number of alkyl halides is 3. The minimum Gasteiger partial charge on any atom is -0.347 e. The highest BCUT2D eigenvalue weighted by Gasteiger charge is 2.29. The second-order valence-electron chi connectivity index (χ2n) is 4.70. The van der Waals surface area contributed by atoms with Gasteiger partial charge in [0.25, 0.3) is 0 Å². The Morgan fingerprint density at radius 3 is 2.43 bits per heavy atom. The highest BCUT2D eigenvalue weighted by Crippen LogP contribution is 2.19. The normalized spacial score (nSPS) is 12.5. The van der Waals surface area contributed by atoms with E-state index >= 15 is 0 Å². The van der Waals surface area contributed by atoms with Gasteiger partial charge in [0, 0.05) is 19.8 Å². The van der Waals surface area contributed by atoms with E-state index in [-0.39, 0.29) is 6.54 Å². The molecule has 1 aromatic heterocycles. The molecule has 1 N–H and O–H groups in total. The van der Waals surface area contributed by atoms with Crippen molar-refractivity contribution in [3.63, 3.8) is 0 Å². The molecule has 1 heterocycles. The van der Waals surface area contributed by atoms with Crippen molar-refractivity contribution >= 4 is 16.0 Å². The third-order valence-corrected chi connectivity index (χ3v) is 3.75. The summed E-state index contributed by atoms with van der Waals surface area (Å²) in [6.07, 6.45) is -5.88. The van der Waals surface area contributed by atoms with Crippen molar-refractivity contribution in [3.05, 3.63) is 17.5 Å². The van der Waals surface area contributed by atoms with Gasteiger partial charge >= 0.3 is 6.18 Å². The van der Waals surface area contributed by atoms with E-state index in [9.17, 15) is 21.6 Å². The van der Waals surface area contributed by atoms with Crippen molar-refractivity contribution in [1.29, 1.82) is 0 Å². The zero-order valence-corrected chi connectivity index (χ0v) is 12.7. The van der Waals surface area contributed by atoms with Crippen LogP contribution < -0.4 is 9.62 Å². The molecule has 1 aromatic rings. The van der Waals surface area contributed by atoms with Crippen molar-refractivity contribution < 1.29 is 21.6 Å². The van der Waals surface area contributed by atoms with Crippen LogP contribution in [0.4, 0.5) is 19.1 Å². The Hall–Kier alpha value is -1.42. The molecule has 0 saturated carbocycles. The van der Waals surface area contributed by atoms with Gasteiger partial charge in [-0.25, -0.2) is 23.1 Å². The molecule has 120 valence electrons. The fraction of sp³-hybridized carbons (Fsp3) is 0.636. The van der Waals surface area contributed by atoms with Crippen LogP contribution in [0.1, 0.15) is 17.8 Å². The highest BCUT2D eigenvalue weighted by molar-refractivity contribution is 7.89. The van der Waals surface area contributed by atoms with Crippen molar-refractivity contribution in [2.75, 3.05) is 24.7 Å². The van der Waals surface area contributed by atoms with Crippen LogP contribution in [-0.2, 0) is 16.6 Å². The first kappa shape index (κ1) is 17.6. The molecule has 0 unspecified atom stereocenters. The van der Waals surface area contributed by atoms with Crippen molar-refractivity contribution in [3.8, 4) is 0 Å². The lowest BCUT2D eigenvalue weighted by atomic mass is 10.3. The summed E-state index contributed by atoms with van der Waals surface area (Å²) in [7, 11) is -0.546. The molecule has 0 atom stereocenters. The standard InChI is InChI=1S/C11H17F3N4O2S/c1-8-6-9(17-10(16-8)18(2)3)7-15-21(19,20)5-4-11(12,13)14/h6,15H,4-5,7H2,1-3H3. The Balaban J connectivity index is 2.70. The first-order valence-electron chi connectivity index (χ1n) is 6.04. The molecule has 0 saturated heterocycles. The molecule has 0 aliphatic heterocycles. The van der Waals surface area contributed by atoms with Gasteiger partial charge in [0.15, 0.2) is 0 Å². The van der Waals surface area contributed by atoms with Crippen LogP contribution in [0.15, 0.2) is 6.07 Å². The van der Waals surface area contributed by atoms with Gasteiger partial charge < -0.3 is 4.90 Å². The van der Waals surface area contributed by atoms with Crippen LogP contribution in [0.5, 0.6) is 0 Å². The Bertz CT molecular complexity index is 588. The second kappa shape index (κ2) is 6.56. The number of nitrogens with zero attached hydrogens (tertiary/aromatic N) is 3. The summed E-state index contributed by atoms with van der Waals surface area (Å²) in [4.78, 5) is 9.89. The van der Waals surface area contributed by atoms with Crippen LogP contribution in [0.25, 0.3) is 0 Å². The molecule has 0 radical (unpaired) electrons. The van der Waals surface area contributed by atoms with Gasteiger partial charge in [-0.05, 0) is 13.0 Å². The molecule has 1 rings (SSSR count). The van der Waals surface area contributed by atoms with E-state index in [0.29, 0.717) is 17.3 Å². The van der Waals surface area contributed by atoms with Crippen molar-refractivity contribution in [2.45, 2.75) is 26.1 Å². The average molecular weight is 326 g/mol. The van der Waals surface area contributed by atoms with Crippen molar-refractivity contribution in [2.24, 2.45) is 0 Å². The molecule has 0 aliphatic carbocycles. The topological polar surface area (TPSA) is 75.2 Å². The quantitative estimate of drug-likeness (QED) is 0.851. The second-order valence-corrected chi connectivity index (χ2v) is 6.63. The van der Waals surface area contributed by atoms with Gasteiger partial charge in [0.2, 0.25) is 16.0 Å². The van der Waals surface area contributed by atoms with Crippen molar-refractivity contribution in [1.82, 2.24) is 14.7 Å². The maximum Gasteiger partial charge on any atom is 0.390 e. The van der Waals surface area contributed by atoms with Gasteiger partial charge in [0.05, 0.1) is 24.4 Å². The zero-order valence-electron chi connectivity index (χ0n) is 11.9. The Morgan fingerprint density at radius 2 is 1.90 bits per heavy atom. The summed E-state index contributed by atoms with van der Waals surface area (Å²) < 4.78 is 61.2. The van der Waals surface area contributed by atoms with Crippen LogP contribution in [-0.4, -0.2) is 44.4 Å². The number of nitrogens with one attached hydrogen (secondary N) is 1. The minimum atomic E-state index is -4.50. The monoisotopic (exact) mass is 326 g/mol. The van der Waals surface area contributed by atoms with E-state index in [1.54, 1.807) is 32.0 Å². The van der Waals surface area contributed by atoms with Crippen LogP contribution in [0.3, 0.4) is 0 Å². The average Bonchev–Trinajstić information content (AvgIpc) is 2.33. The van der Waals surface area contributed by atoms with Crippen LogP contribution in [0.2, 0.25) is 0 Å². The number of anilines is 1. The van der Waals surface area contributed by atoms with E-state index in [1.807, 2.05) is 0 Å². The molecule has 0 aromatic carbocycles. The van der Waals surface area contributed by atoms with E-state index in [1.165, 1.54) is 0 Å². The van der Waals surface area contributed by atoms with Crippen LogP contribution >= 0.6 is 0 Å². The third kappa shape index (κ3) is 6.71. The van der Waals surface area contributed by atoms with E-state index < -0.39 is 28.4 Å². The fourth-order valence-corrected chi connectivity index (χ4v) is 2.43. The molecule has 21 heavy (non-hydrogen) atoms. The lowest BCUT2D eigenvalue weighted by molar-refractivity contribution is -0.129. The lowest BCUT2D eigenvalue weighted by Gasteiger charge is -2.13. The minimum absolute atomic E-state index is 0.176. The Labute approximate surface area is 121 Å². The van der Waals surface area contributed by atoms with Gasteiger partial charge in [-0.15, -0.1) is 0 Å². The van der Waals surface area contributed by atoms with Gasteiger partial charge in [-0.2, -0.15) is 13.2 Å². The maximum absolute atomic E-state index is 12.0. The summed E-state index contributed by atoms with van der Waals surface area (Å²) in [5.41, 5.74) is 1.03. The number of aryl methyl sites for hydroxylation is 1. The first-order valence-corrected chi connectivity index (χ1v) is 7.70. The number of rotatable bonds is 6. The number of hydrogen-bond acceptors (Lipinski definition) is 5. The summed E-state index contributed by atoms with van der Waals surface area (Å²) in [6, 6.07) is 1.57. The number of hydrogen-bond donors (Lipinski definition) is 1. The fourth-order valence-electron chi connectivity index (χ4n) is 1.41. The molecule has 0 aliphatic rings. The summed E-state index contributed by atoms with van der Waals surface area (Å²) in [6.45, 7) is 1.54. The Kier molecular flexibility index (Phi) is 5.51. The van der Waals surface area contributed by atoms with E-state index in [4.69, 9.17) is 0 Å². The first-order chi connectivity index (χ1) is 9.48. The van der Waals surface area contributed by atoms with Crippen LogP contribution in [0, 0.1) is 6.92 Å². The summed E-state index contributed by atoms with van der Waals surface area (Å²) >= 11 is 0. The molecule has 0 spiro atoms. The van der Waals surface area contributed by atoms with E-state index in [2.05, 4.69) is 14.7 Å². The molecular weight excluding hydrogens is 309 g/mol. The number of sulfonamides is 1.